The normalized spacial score (nSPS) is 10.9. The van der Waals surface area contributed by atoms with Crippen molar-refractivity contribution in [2.24, 2.45) is 7.05 Å². The number of aryl methyl sites for hydroxylation is 2. The number of nitrogens with one attached hydrogen (secondary N) is 2. The summed E-state index contributed by atoms with van der Waals surface area (Å²) in [4.78, 5) is 28.8. The molecule has 8 heteroatoms. The summed E-state index contributed by atoms with van der Waals surface area (Å²) in [5, 5.41) is 9.81. The molecular weight excluding hydrogens is 434 g/mol. The Kier molecular flexibility index (Phi) is 6.23. The van der Waals surface area contributed by atoms with E-state index in [1.54, 1.807) is 53.4 Å². The summed E-state index contributed by atoms with van der Waals surface area (Å²) in [5.74, 6) is -0.161. The summed E-state index contributed by atoms with van der Waals surface area (Å²) < 4.78 is 2.60. The predicted octanol–water partition coefficient (Wildman–Crippen LogP) is 4.10. The van der Waals surface area contributed by atoms with E-state index >= 15 is 0 Å². The summed E-state index contributed by atoms with van der Waals surface area (Å²) in [7, 11) is 1.86. The van der Waals surface area contributed by atoms with Crippen molar-refractivity contribution in [3.8, 4) is 0 Å². The second-order valence-corrected chi connectivity index (χ2v) is 7.34. The van der Waals surface area contributed by atoms with Gasteiger partial charge in [0.1, 0.15) is 5.82 Å². The zero-order valence-corrected chi connectivity index (χ0v) is 17.8. The molecule has 2 amide bonds. The summed E-state index contributed by atoms with van der Waals surface area (Å²) in [5.41, 5.74) is 3.69. The summed E-state index contributed by atoms with van der Waals surface area (Å²) in [6, 6.07) is 10.2. The van der Waals surface area contributed by atoms with Crippen molar-refractivity contribution < 1.29 is 9.59 Å². The molecule has 2 N–H and O–H groups in total. The lowest BCUT2D eigenvalue weighted by molar-refractivity contribution is -0.111. The lowest BCUT2D eigenvalue weighted by Gasteiger charge is -2.07. The maximum Gasteiger partial charge on any atom is 0.256 e. The van der Waals surface area contributed by atoms with Crippen LogP contribution in [0.1, 0.15) is 27.3 Å². The van der Waals surface area contributed by atoms with Gasteiger partial charge < -0.3 is 10.6 Å². The number of pyridine rings is 1. The highest BCUT2D eigenvalue weighted by molar-refractivity contribution is 9.10. The zero-order valence-electron chi connectivity index (χ0n) is 16.2. The first-order chi connectivity index (χ1) is 13.8. The van der Waals surface area contributed by atoms with Crippen molar-refractivity contribution in [3.05, 3.63) is 75.7 Å². The average Bonchev–Trinajstić information content (AvgIpc) is 2.93. The van der Waals surface area contributed by atoms with Gasteiger partial charge in [-0.05, 0) is 66.2 Å². The molecule has 0 saturated heterocycles. The van der Waals surface area contributed by atoms with Gasteiger partial charge in [-0.2, -0.15) is 5.10 Å². The summed E-state index contributed by atoms with van der Waals surface area (Å²) >= 11 is 3.30. The van der Waals surface area contributed by atoms with E-state index in [0.717, 1.165) is 21.4 Å². The highest BCUT2D eigenvalue weighted by Crippen LogP contribution is 2.16. The number of halogens is 1. The Morgan fingerprint density at radius 3 is 2.59 bits per heavy atom. The van der Waals surface area contributed by atoms with Crippen LogP contribution in [0.25, 0.3) is 6.08 Å². The fourth-order valence-corrected chi connectivity index (χ4v) is 2.99. The maximum absolute atomic E-state index is 12.4. The van der Waals surface area contributed by atoms with Crippen LogP contribution in [0.15, 0.2) is 53.1 Å². The van der Waals surface area contributed by atoms with Crippen LogP contribution in [0.2, 0.25) is 0 Å². The lowest BCUT2D eigenvalue weighted by atomic mass is 10.1. The fraction of sp³-hybridized carbons (Fsp3) is 0.143. The number of aromatic nitrogens is 3. The molecule has 148 valence electrons. The third kappa shape index (κ3) is 5.17. The molecule has 2 heterocycles. The number of benzene rings is 1. The van der Waals surface area contributed by atoms with Crippen LogP contribution in [-0.2, 0) is 11.8 Å². The molecule has 0 saturated carbocycles. The predicted molar refractivity (Wildman–Crippen MR) is 117 cm³/mol. The topological polar surface area (TPSA) is 88.9 Å². The first-order valence-electron chi connectivity index (χ1n) is 8.85. The monoisotopic (exact) mass is 453 g/mol. The Morgan fingerprint density at radius 2 is 1.93 bits per heavy atom. The number of carbonyl (C=O) groups is 2. The number of hydrogen-bond acceptors (Lipinski definition) is 4. The van der Waals surface area contributed by atoms with Gasteiger partial charge in [0.25, 0.3) is 5.91 Å². The van der Waals surface area contributed by atoms with E-state index in [1.807, 2.05) is 20.9 Å². The third-order valence-electron chi connectivity index (χ3n) is 4.33. The van der Waals surface area contributed by atoms with E-state index in [9.17, 15) is 9.59 Å². The molecule has 0 aliphatic rings. The molecule has 29 heavy (non-hydrogen) atoms. The summed E-state index contributed by atoms with van der Waals surface area (Å²) in [6.45, 7) is 3.84. The van der Waals surface area contributed by atoms with Crippen LogP contribution in [-0.4, -0.2) is 26.6 Å². The molecule has 7 nitrogen and oxygen atoms in total. The minimum absolute atomic E-state index is 0.292. The van der Waals surface area contributed by atoms with Gasteiger partial charge in [0, 0.05) is 46.3 Å². The molecule has 0 radical (unpaired) electrons. The highest BCUT2D eigenvalue weighted by atomic mass is 79.9. The van der Waals surface area contributed by atoms with Crippen molar-refractivity contribution in [3.63, 3.8) is 0 Å². The molecule has 2 aromatic heterocycles. The van der Waals surface area contributed by atoms with E-state index in [2.05, 4.69) is 36.6 Å². The zero-order chi connectivity index (χ0) is 21.0. The number of hydrogen-bond donors (Lipinski definition) is 2. The number of nitrogens with zero attached hydrogens (tertiary/aromatic N) is 3. The lowest BCUT2D eigenvalue weighted by Crippen LogP contribution is -2.14. The van der Waals surface area contributed by atoms with Gasteiger partial charge in [-0.25, -0.2) is 4.98 Å². The molecule has 0 fully saturated rings. The van der Waals surface area contributed by atoms with Crippen LogP contribution < -0.4 is 10.6 Å². The molecule has 3 aromatic rings. The third-order valence-corrected chi connectivity index (χ3v) is 4.80. The van der Waals surface area contributed by atoms with Gasteiger partial charge in [0.05, 0.1) is 5.69 Å². The fourth-order valence-electron chi connectivity index (χ4n) is 2.75. The molecule has 3 rings (SSSR count). The van der Waals surface area contributed by atoms with Gasteiger partial charge in [-0.15, -0.1) is 0 Å². The largest absolute Gasteiger partial charge is 0.322 e. The van der Waals surface area contributed by atoms with Crippen LogP contribution >= 0.6 is 15.9 Å². The van der Waals surface area contributed by atoms with Gasteiger partial charge in [-0.3, -0.25) is 14.3 Å². The molecule has 0 aliphatic heterocycles. The van der Waals surface area contributed by atoms with Crippen molar-refractivity contribution in [2.75, 3.05) is 10.6 Å². The van der Waals surface area contributed by atoms with Crippen LogP contribution in [0, 0.1) is 13.8 Å². The summed E-state index contributed by atoms with van der Waals surface area (Å²) in [6.07, 6.45) is 4.79. The molecule has 0 atom stereocenters. The van der Waals surface area contributed by atoms with E-state index in [1.165, 1.54) is 6.08 Å². The van der Waals surface area contributed by atoms with Gasteiger partial charge in [0.15, 0.2) is 0 Å². The quantitative estimate of drug-likeness (QED) is 0.569. The number of carbonyl (C=O) groups excluding carboxylic acids is 2. The molecule has 0 spiro atoms. The van der Waals surface area contributed by atoms with Crippen molar-refractivity contribution in [2.45, 2.75) is 13.8 Å². The van der Waals surface area contributed by atoms with Crippen LogP contribution in [0.5, 0.6) is 0 Å². The van der Waals surface area contributed by atoms with Crippen LogP contribution in [0.3, 0.4) is 0 Å². The van der Waals surface area contributed by atoms with E-state index in [0.29, 0.717) is 17.1 Å². The maximum atomic E-state index is 12.4. The Hall–Kier alpha value is -3.26. The van der Waals surface area contributed by atoms with Crippen molar-refractivity contribution >= 4 is 45.3 Å². The number of amides is 2. The minimum Gasteiger partial charge on any atom is -0.322 e. The van der Waals surface area contributed by atoms with E-state index in [-0.39, 0.29) is 11.8 Å². The van der Waals surface area contributed by atoms with Gasteiger partial charge in [0.2, 0.25) is 5.91 Å². The van der Waals surface area contributed by atoms with Crippen molar-refractivity contribution in [1.29, 1.82) is 0 Å². The average molecular weight is 454 g/mol. The second kappa shape index (κ2) is 8.83. The first kappa shape index (κ1) is 20.5. The Bertz CT molecular complexity index is 1090. The molecule has 0 aliphatic carbocycles. The Labute approximate surface area is 177 Å². The van der Waals surface area contributed by atoms with E-state index < -0.39 is 0 Å². The Balaban J connectivity index is 1.67. The molecule has 1 aromatic carbocycles. The van der Waals surface area contributed by atoms with Crippen LogP contribution in [0.4, 0.5) is 11.5 Å². The second-order valence-electron chi connectivity index (χ2n) is 6.43. The van der Waals surface area contributed by atoms with Crippen molar-refractivity contribution in [1.82, 2.24) is 14.8 Å². The van der Waals surface area contributed by atoms with Gasteiger partial charge in [-0.1, -0.05) is 6.07 Å². The minimum atomic E-state index is -0.312. The number of rotatable bonds is 5. The molecule has 0 bridgehead atoms. The first-order valence-corrected chi connectivity index (χ1v) is 9.65. The Morgan fingerprint density at radius 1 is 1.14 bits per heavy atom. The molecule has 0 unspecified atom stereocenters. The van der Waals surface area contributed by atoms with E-state index in [4.69, 9.17) is 0 Å². The number of anilines is 2. The smallest absolute Gasteiger partial charge is 0.256 e. The highest BCUT2D eigenvalue weighted by Gasteiger charge is 2.09. The van der Waals surface area contributed by atoms with Gasteiger partial charge >= 0.3 is 0 Å². The SMILES string of the molecule is Cc1nn(C)c(C)c1/C=C/C(=O)Nc1cccc(C(=O)Nc2ccc(Br)cn2)c1. The molecular formula is C21H20BrN5O2. The standard InChI is InChI=1S/C21H20BrN5O2/c1-13-18(14(2)27(3)26-13)8-10-20(28)24-17-6-4-5-15(11-17)21(29)25-19-9-7-16(22)12-23-19/h4-12H,1-3H3,(H,24,28)(H,23,25,29)/b10-8+.